The molecule has 3 aromatic heterocycles. The van der Waals surface area contributed by atoms with Gasteiger partial charge in [-0.25, -0.2) is 9.97 Å². The van der Waals surface area contributed by atoms with Gasteiger partial charge in [0.25, 0.3) is 0 Å². The lowest BCUT2D eigenvalue weighted by Crippen LogP contribution is -2.08. The van der Waals surface area contributed by atoms with Crippen molar-refractivity contribution in [3.05, 3.63) is 265 Å². The number of para-hydroxylation sites is 4. The van der Waals surface area contributed by atoms with Gasteiger partial charge in [-0.3, -0.25) is 0 Å². The largest absolute Gasteiger partial charge is 0.354 e. The fraction of sp³-hybridized carbons (Fsp3) is 0.0556. The highest BCUT2D eigenvalue weighted by Gasteiger charge is 2.21. The van der Waals surface area contributed by atoms with Crippen LogP contribution < -0.4 is 19.6 Å². The molecule has 8 nitrogen and oxygen atoms in total. The molecular formula is C72H58N8. The van der Waals surface area contributed by atoms with Crippen LogP contribution in [0.15, 0.2) is 243 Å². The molecule has 8 bridgehead atoms. The van der Waals surface area contributed by atoms with E-state index in [1.807, 2.05) is 24.3 Å². The smallest absolute Gasteiger partial charge is 0.0737 e. The van der Waals surface area contributed by atoms with Crippen LogP contribution in [0.2, 0.25) is 0 Å². The predicted octanol–water partition coefficient (Wildman–Crippen LogP) is 18.4. The molecule has 80 heavy (non-hydrogen) atoms. The summed E-state index contributed by atoms with van der Waals surface area (Å²) in [5.74, 6) is 0. The molecule has 0 aliphatic carbocycles. The second-order valence-electron chi connectivity index (χ2n) is 20.3. The Labute approximate surface area is 467 Å². The van der Waals surface area contributed by atoms with E-state index in [1.54, 1.807) is 0 Å². The second kappa shape index (κ2) is 21.2. The van der Waals surface area contributed by atoms with Gasteiger partial charge in [0.2, 0.25) is 0 Å². The number of hydrogen-bond donors (Lipinski definition) is 2. The van der Waals surface area contributed by atoms with Gasteiger partial charge in [0, 0.05) is 118 Å². The summed E-state index contributed by atoms with van der Waals surface area (Å²) in [6.45, 7) is 0. The fourth-order valence-electron chi connectivity index (χ4n) is 11.0. The quantitative estimate of drug-likeness (QED) is 0.127. The van der Waals surface area contributed by atoms with Gasteiger partial charge in [-0.15, -0.1) is 0 Å². The summed E-state index contributed by atoms with van der Waals surface area (Å²) < 4.78 is 0. The maximum atomic E-state index is 5.63. The normalized spacial score (nSPS) is 11.7. The summed E-state index contributed by atoms with van der Waals surface area (Å²) in [5.41, 5.74) is 24.1. The molecule has 2 aliphatic rings. The Balaban J connectivity index is 1.05. The van der Waals surface area contributed by atoms with Crippen LogP contribution in [0.3, 0.4) is 0 Å². The van der Waals surface area contributed by atoms with E-state index in [4.69, 9.17) is 9.97 Å². The van der Waals surface area contributed by atoms with Gasteiger partial charge in [0.05, 0.1) is 22.8 Å². The SMILES string of the molecule is CN(c1ccccc1)c1ccc(-c2c3nc(c(-c4ccc(N(C)c5ccccc5)cc4)c4ccc([nH]4)c(-c4ccc(N(C)c5ccccc5)cc4)c4nc(c(-c5ccc(N(C)c6ccccc6)cc5)c5ccc2[nH]5)C=C4)C=C3)cc1. The Kier molecular flexibility index (Phi) is 13.0. The number of nitrogens with one attached hydrogen (secondary N) is 2. The zero-order chi connectivity index (χ0) is 54.1. The average molecular weight is 1040 g/mol. The Morgan fingerprint density at radius 1 is 0.225 bits per heavy atom. The molecule has 386 valence electrons. The van der Waals surface area contributed by atoms with Crippen molar-refractivity contribution >= 4 is 91.9 Å². The first-order chi connectivity index (χ1) is 39.3. The first kappa shape index (κ1) is 49.2. The summed E-state index contributed by atoms with van der Waals surface area (Å²) in [5, 5.41) is 0. The summed E-state index contributed by atoms with van der Waals surface area (Å²) in [6, 6.07) is 85.8. The predicted molar refractivity (Wildman–Crippen MR) is 339 cm³/mol. The van der Waals surface area contributed by atoms with Crippen molar-refractivity contribution in [2.45, 2.75) is 0 Å². The second-order valence-corrected chi connectivity index (χ2v) is 20.3. The molecule has 0 saturated heterocycles. The van der Waals surface area contributed by atoms with Crippen LogP contribution >= 0.6 is 0 Å². The molecule has 8 heteroatoms. The van der Waals surface area contributed by atoms with E-state index in [9.17, 15) is 0 Å². The number of aromatic amines is 2. The van der Waals surface area contributed by atoms with E-state index in [-0.39, 0.29) is 0 Å². The lowest BCUT2D eigenvalue weighted by Gasteiger charge is -2.20. The first-order valence-corrected chi connectivity index (χ1v) is 27.0. The molecule has 0 atom stereocenters. The minimum Gasteiger partial charge on any atom is -0.354 e. The summed E-state index contributed by atoms with van der Waals surface area (Å²) in [6.07, 6.45) is 8.66. The topological polar surface area (TPSA) is 70.3 Å². The van der Waals surface area contributed by atoms with E-state index >= 15 is 0 Å². The minimum absolute atomic E-state index is 0.853. The summed E-state index contributed by atoms with van der Waals surface area (Å²) in [7, 11) is 8.43. The highest BCUT2D eigenvalue weighted by molar-refractivity contribution is 6.00. The van der Waals surface area contributed by atoms with Crippen LogP contribution in [0.25, 0.3) is 90.9 Å². The maximum absolute atomic E-state index is 5.63. The Morgan fingerprint density at radius 3 is 0.613 bits per heavy atom. The molecule has 0 unspecified atom stereocenters. The van der Waals surface area contributed by atoms with Crippen LogP contribution in [-0.2, 0) is 0 Å². The molecular weight excluding hydrogens is 977 g/mol. The van der Waals surface area contributed by atoms with Crippen LogP contribution in [0.5, 0.6) is 0 Å². The molecule has 0 saturated carbocycles. The highest BCUT2D eigenvalue weighted by Crippen LogP contribution is 2.41. The maximum Gasteiger partial charge on any atom is 0.0737 e. The van der Waals surface area contributed by atoms with Crippen LogP contribution in [0.4, 0.5) is 45.5 Å². The van der Waals surface area contributed by atoms with Crippen LogP contribution in [0.1, 0.15) is 22.8 Å². The van der Waals surface area contributed by atoms with Crippen molar-refractivity contribution < 1.29 is 0 Å². The third-order valence-electron chi connectivity index (χ3n) is 15.5. The number of rotatable bonds is 12. The summed E-state index contributed by atoms with van der Waals surface area (Å²) >= 11 is 0. The molecule has 0 spiro atoms. The number of fused-ring (bicyclic) bond motifs is 8. The Bertz CT molecular complexity index is 3700. The van der Waals surface area contributed by atoms with Crippen molar-refractivity contribution in [2.24, 2.45) is 0 Å². The van der Waals surface area contributed by atoms with Gasteiger partial charge in [-0.05, 0) is 168 Å². The van der Waals surface area contributed by atoms with E-state index in [1.165, 1.54) is 0 Å². The molecule has 2 aliphatic heterocycles. The van der Waals surface area contributed by atoms with Crippen molar-refractivity contribution in [2.75, 3.05) is 47.8 Å². The van der Waals surface area contributed by atoms with Gasteiger partial charge >= 0.3 is 0 Å². The lowest BCUT2D eigenvalue weighted by molar-refractivity contribution is 1.21. The third-order valence-corrected chi connectivity index (χ3v) is 15.5. The molecule has 0 fully saturated rings. The van der Waals surface area contributed by atoms with E-state index in [0.29, 0.717) is 0 Å². The van der Waals surface area contributed by atoms with E-state index in [0.717, 1.165) is 135 Å². The Morgan fingerprint density at radius 2 is 0.412 bits per heavy atom. The molecule has 0 radical (unpaired) electrons. The molecule has 0 amide bonds. The average Bonchev–Trinajstić information content (AvgIpc) is 4.43. The Hall–Kier alpha value is -10.4. The van der Waals surface area contributed by atoms with Crippen LogP contribution in [-0.4, -0.2) is 48.1 Å². The number of anilines is 8. The molecule has 8 aromatic carbocycles. The van der Waals surface area contributed by atoms with Gasteiger partial charge in [0.1, 0.15) is 0 Å². The van der Waals surface area contributed by atoms with Crippen molar-refractivity contribution in [3.8, 4) is 44.5 Å². The minimum atomic E-state index is 0.853. The fourth-order valence-corrected chi connectivity index (χ4v) is 11.0. The zero-order valence-electron chi connectivity index (χ0n) is 45.1. The van der Waals surface area contributed by atoms with E-state index < -0.39 is 0 Å². The summed E-state index contributed by atoms with van der Waals surface area (Å²) in [4.78, 5) is 28.0. The standard InChI is InChI=1S/C72H58N8/c1-77(53-17-9-5-10-18-53)57-33-25-49(26-34-57)69-61-41-43-63(73-61)70(50-27-35-58(36-28-50)78(2)54-19-11-6-12-20-54)65-45-47-67(75-65)72(52-31-39-60(40-32-52)80(4)56-23-15-8-16-24-56)68-48-46-66(76-68)71(64-44-42-62(69)74-64)51-29-37-59(38-30-51)79(3)55-21-13-7-14-22-55/h5-48,73,76H,1-4H3. The molecule has 11 aromatic rings. The van der Waals surface area contributed by atoms with Crippen LogP contribution in [0, 0.1) is 0 Å². The van der Waals surface area contributed by atoms with Gasteiger partial charge < -0.3 is 29.6 Å². The number of H-pyrrole nitrogens is 2. The zero-order valence-corrected chi connectivity index (χ0v) is 45.1. The lowest BCUT2D eigenvalue weighted by atomic mass is 10.0. The van der Waals surface area contributed by atoms with Gasteiger partial charge in [-0.2, -0.15) is 0 Å². The van der Waals surface area contributed by atoms with Gasteiger partial charge in [-0.1, -0.05) is 121 Å². The van der Waals surface area contributed by atoms with Crippen molar-refractivity contribution in [1.29, 1.82) is 0 Å². The molecule has 5 heterocycles. The van der Waals surface area contributed by atoms with E-state index in [2.05, 4.69) is 300 Å². The molecule has 13 rings (SSSR count). The first-order valence-electron chi connectivity index (χ1n) is 27.0. The highest BCUT2D eigenvalue weighted by atomic mass is 15.1. The number of benzene rings is 8. The monoisotopic (exact) mass is 1030 g/mol. The number of hydrogen-bond acceptors (Lipinski definition) is 6. The number of nitrogens with zero attached hydrogens (tertiary/aromatic N) is 6. The van der Waals surface area contributed by atoms with Crippen molar-refractivity contribution in [1.82, 2.24) is 19.9 Å². The third kappa shape index (κ3) is 9.49. The van der Waals surface area contributed by atoms with Crippen molar-refractivity contribution in [3.63, 3.8) is 0 Å². The number of aromatic nitrogens is 4. The van der Waals surface area contributed by atoms with Gasteiger partial charge in [0.15, 0.2) is 0 Å². The molecule has 2 N–H and O–H groups in total.